The number of aryl methyl sites for hydroxylation is 1. The number of benzene rings is 1. The van der Waals surface area contributed by atoms with Gasteiger partial charge in [-0.3, -0.25) is 0 Å². The number of aromatic nitrogens is 1. The van der Waals surface area contributed by atoms with Crippen LogP contribution in [0.2, 0.25) is 0 Å². The summed E-state index contributed by atoms with van der Waals surface area (Å²) in [6.07, 6.45) is 0. The van der Waals surface area contributed by atoms with Crippen molar-refractivity contribution in [3.63, 3.8) is 0 Å². The third-order valence-electron chi connectivity index (χ3n) is 3.07. The molecule has 2 N–H and O–H groups in total. The molecule has 1 unspecified atom stereocenters. The van der Waals surface area contributed by atoms with E-state index in [0.29, 0.717) is 0 Å². The van der Waals surface area contributed by atoms with Gasteiger partial charge in [0.1, 0.15) is 5.01 Å². The van der Waals surface area contributed by atoms with E-state index >= 15 is 0 Å². The summed E-state index contributed by atoms with van der Waals surface area (Å²) in [7, 11) is 0. The summed E-state index contributed by atoms with van der Waals surface area (Å²) in [6.45, 7) is 8.52. The van der Waals surface area contributed by atoms with E-state index < -0.39 is 0 Å². The Morgan fingerprint density at radius 3 is 2.33 bits per heavy atom. The zero-order valence-electron chi connectivity index (χ0n) is 11.4. The minimum atomic E-state index is -0.0123. The first kappa shape index (κ1) is 13.2. The van der Waals surface area contributed by atoms with Gasteiger partial charge in [0.05, 0.1) is 11.7 Å². The Kier molecular flexibility index (Phi) is 3.55. The molecular weight excluding hydrogens is 240 g/mol. The monoisotopic (exact) mass is 260 g/mol. The fraction of sp³-hybridized carbons (Fsp3) is 0.400. The molecule has 2 rings (SSSR count). The van der Waals surface area contributed by atoms with Gasteiger partial charge in [-0.25, -0.2) is 4.98 Å². The first-order valence-electron chi connectivity index (χ1n) is 6.16. The summed E-state index contributed by atoms with van der Waals surface area (Å²) < 4.78 is 0. The van der Waals surface area contributed by atoms with E-state index in [1.54, 1.807) is 11.3 Å². The maximum atomic E-state index is 6.24. The molecule has 18 heavy (non-hydrogen) atoms. The Labute approximate surface area is 113 Å². The van der Waals surface area contributed by atoms with Crippen LogP contribution in [0.5, 0.6) is 0 Å². The van der Waals surface area contributed by atoms with E-state index in [4.69, 9.17) is 5.73 Å². The summed E-state index contributed by atoms with van der Waals surface area (Å²) >= 11 is 1.65. The minimum Gasteiger partial charge on any atom is -0.322 e. The molecule has 0 spiro atoms. The summed E-state index contributed by atoms with van der Waals surface area (Å²) in [6, 6.07) is 8.42. The zero-order chi connectivity index (χ0) is 13.3. The van der Waals surface area contributed by atoms with Crippen LogP contribution in [0.25, 0.3) is 11.3 Å². The Balaban J connectivity index is 2.28. The highest BCUT2D eigenvalue weighted by Gasteiger charge is 2.25. The molecular formula is C15H20N2S. The van der Waals surface area contributed by atoms with Gasteiger partial charge in [-0.2, -0.15) is 0 Å². The average Bonchev–Trinajstić information content (AvgIpc) is 2.77. The van der Waals surface area contributed by atoms with E-state index in [9.17, 15) is 0 Å². The van der Waals surface area contributed by atoms with Crippen LogP contribution in [0.4, 0.5) is 0 Å². The van der Waals surface area contributed by atoms with Gasteiger partial charge in [0.2, 0.25) is 0 Å². The fourth-order valence-electron chi connectivity index (χ4n) is 1.66. The van der Waals surface area contributed by atoms with Gasteiger partial charge in [0, 0.05) is 10.9 Å². The normalized spacial score (nSPS) is 13.6. The molecule has 0 radical (unpaired) electrons. The van der Waals surface area contributed by atoms with Crippen LogP contribution < -0.4 is 5.73 Å². The first-order valence-corrected chi connectivity index (χ1v) is 7.04. The average molecular weight is 260 g/mol. The highest BCUT2D eigenvalue weighted by molar-refractivity contribution is 7.10. The van der Waals surface area contributed by atoms with Crippen molar-refractivity contribution in [2.24, 2.45) is 11.1 Å². The number of thiazole rings is 1. The molecule has 0 fully saturated rings. The van der Waals surface area contributed by atoms with Crippen molar-refractivity contribution in [2.75, 3.05) is 0 Å². The van der Waals surface area contributed by atoms with Crippen molar-refractivity contribution >= 4 is 11.3 Å². The SMILES string of the molecule is Cc1ccc(-c2csc(C(N)C(C)(C)C)n2)cc1. The van der Waals surface area contributed by atoms with E-state index in [2.05, 4.69) is 62.3 Å². The van der Waals surface area contributed by atoms with Crippen LogP contribution in [0, 0.1) is 12.3 Å². The predicted molar refractivity (Wildman–Crippen MR) is 78.7 cm³/mol. The van der Waals surface area contributed by atoms with Gasteiger partial charge in [0.15, 0.2) is 0 Å². The first-order chi connectivity index (χ1) is 8.38. The largest absolute Gasteiger partial charge is 0.322 e. The molecule has 1 heterocycles. The number of hydrogen-bond donors (Lipinski definition) is 1. The van der Waals surface area contributed by atoms with E-state index in [-0.39, 0.29) is 11.5 Å². The molecule has 96 valence electrons. The summed E-state index contributed by atoms with van der Waals surface area (Å²) in [5.41, 5.74) is 9.72. The molecule has 1 atom stereocenters. The lowest BCUT2D eigenvalue weighted by Crippen LogP contribution is -2.26. The summed E-state index contributed by atoms with van der Waals surface area (Å²) in [5, 5.41) is 3.10. The van der Waals surface area contributed by atoms with Crippen molar-refractivity contribution < 1.29 is 0 Å². The van der Waals surface area contributed by atoms with Crippen LogP contribution in [-0.4, -0.2) is 4.98 Å². The maximum absolute atomic E-state index is 6.24. The van der Waals surface area contributed by atoms with Gasteiger partial charge < -0.3 is 5.73 Å². The van der Waals surface area contributed by atoms with E-state index in [0.717, 1.165) is 16.3 Å². The molecule has 1 aromatic heterocycles. The second-order valence-corrected chi connectivity index (χ2v) is 6.67. The van der Waals surface area contributed by atoms with Crippen molar-refractivity contribution in [3.05, 3.63) is 40.2 Å². The highest BCUT2D eigenvalue weighted by atomic mass is 32.1. The van der Waals surface area contributed by atoms with Crippen LogP contribution in [0.1, 0.15) is 37.4 Å². The molecule has 0 saturated carbocycles. The van der Waals surface area contributed by atoms with Gasteiger partial charge in [-0.15, -0.1) is 11.3 Å². The topological polar surface area (TPSA) is 38.9 Å². The number of nitrogens with zero attached hydrogens (tertiary/aromatic N) is 1. The van der Waals surface area contributed by atoms with Gasteiger partial charge in [-0.05, 0) is 12.3 Å². The zero-order valence-corrected chi connectivity index (χ0v) is 12.2. The van der Waals surface area contributed by atoms with Crippen LogP contribution in [0.15, 0.2) is 29.6 Å². The third kappa shape index (κ3) is 2.79. The second kappa shape index (κ2) is 4.82. The molecule has 1 aromatic carbocycles. The lowest BCUT2D eigenvalue weighted by molar-refractivity contribution is 0.326. The molecule has 0 aliphatic carbocycles. The second-order valence-electron chi connectivity index (χ2n) is 5.78. The molecule has 2 nitrogen and oxygen atoms in total. The Morgan fingerprint density at radius 1 is 1.17 bits per heavy atom. The van der Waals surface area contributed by atoms with Crippen LogP contribution in [-0.2, 0) is 0 Å². The number of nitrogens with two attached hydrogens (primary N) is 1. The predicted octanol–water partition coefficient (Wildman–Crippen LogP) is 4.16. The van der Waals surface area contributed by atoms with E-state index in [1.807, 2.05) is 0 Å². The van der Waals surface area contributed by atoms with E-state index in [1.165, 1.54) is 5.56 Å². The lowest BCUT2D eigenvalue weighted by atomic mass is 9.88. The van der Waals surface area contributed by atoms with Crippen molar-refractivity contribution in [1.82, 2.24) is 4.98 Å². The maximum Gasteiger partial charge on any atom is 0.111 e. The smallest absolute Gasteiger partial charge is 0.111 e. The molecule has 0 aliphatic heterocycles. The number of rotatable bonds is 2. The van der Waals surface area contributed by atoms with Crippen molar-refractivity contribution in [3.8, 4) is 11.3 Å². The Morgan fingerprint density at radius 2 is 1.78 bits per heavy atom. The minimum absolute atomic E-state index is 0.0123. The summed E-state index contributed by atoms with van der Waals surface area (Å²) in [4.78, 5) is 4.67. The Hall–Kier alpha value is -1.19. The van der Waals surface area contributed by atoms with Crippen molar-refractivity contribution in [2.45, 2.75) is 33.7 Å². The summed E-state index contributed by atoms with van der Waals surface area (Å²) in [5.74, 6) is 0. The Bertz CT molecular complexity index is 520. The highest BCUT2D eigenvalue weighted by Crippen LogP contribution is 2.34. The molecule has 0 amide bonds. The standard InChI is InChI=1S/C15H20N2S/c1-10-5-7-11(8-6-10)12-9-18-14(17-12)13(16)15(2,3)4/h5-9,13H,16H2,1-4H3. The molecule has 0 bridgehead atoms. The lowest BCUT2D eigenvalue weighted by Gasteiger charge is -2.24. The molecule has 0 aliphatic rings. The van der Waals surface area contributed by atoms with Gasteiger partial charge in [-0.1, -0.05) is 50.6 Å². The van der Waals surface area contributed by atoms with Crippen molar-refractivity contribution in [1.29, 1.82) is 0 Å². The van der Waals surface area contributed by atoms with Gasteiger partial charge >= 0.3 is 0 Å². The van der Waals surface area contributed by atoms with Crippen LogP contribution in [0.3, 0.4) is 0 Å². The quantitative estimate of drug-likeness (QED) is 0.880. The number of hydrogen-bond acceptors (Lipinski definition) is 3. The van der Waals surface area contributed by atoms with Crippen LogP contribution >= 0.6 is 11.3 Å². The van der Waals surface area contributed by atoms with Gasteiger partial charge in [0.25, 0.3) is 0 Å². The fourth-order valence-corrected chi connectivity index (χ4v) is 2.73. The molecule has 3 heteroatoms. The molecule has 2 aromatic rings. The third-order valence-corrected chi connectivity index (χ3v) is 4.00. The molecule has 0 saturated heterocycles.